The van der Waals surface area contributed by atoms with Crippen molar-refractivity contribution in [1.82, 2.24) is 4.57 Å². The summed E-state index contributed by atoms with van der Waals surface area (Å²) >= 11 is 1.19. The summed E-state index contributed by atoms with van der Waals surface area (Å²) in [6.07, 6.45) is 0.775. The number of aromatic nitrogens is 1. The molecule has 1 aromatic heterocycles. The zero-order chi connectivity index (χ0) is 14.5. The SMILES string of the molecule is COc1ccc(-c2csc(=O)n2CCCN)cc1OC. The third kappa shape index (κ3) is 2.86. The second-order valence-electron chi connectivity index (χ2n) is 4.25. The predicted octanol–water partition coefficient (Wildman–Crippen LogP) is 1.94. The van der Waals surface area contributed by atoms with Crippen LogP contribution in [0.25, 0.3) is 11.3 Å². The highest BCUT2D eigenvalue weighted by Crippen LogP contribution is 2.32. The molecule has 5 nitrogen and oxygen atoms in total. The van der Waals surface area contributed by atoms with E-state index in [1.54, 1.807) is 18.8 Å². The molecule has 6 heteroatoms. The number of nitrogens with two attached hydrogens (primary N) is 1. The van der Waals surface area contributed by atoms with Crippen molar-refractivity contribution in [1.29, 1.82) is 0 Å². The molecular weight excluding hydrogens is 276 g/mol. The van der Waals surface area contributed by atoms with E-state index in [0.29, 0.717) is 24.6 Å². The Labute approximate surface area is 121 Å². The summed E-state index contributed by atoms with van der Waals surface area (Å²) in [6.45, 7) is 1.19. The number of methoxy groups -OCH3 is 2. The first-order chi connectivity index (χ1) is 9.71. The number of nitrogens with zero attached hydrogens (tertiary/aromatic N) is 1. The molecule has 0 saturated heterocycles. The van der Waals surface area contributed by atoms with Gasteiger partial charge in [-0.3, -0.25) is 9.36 Å². The van der Waals surface area contributed by atoms with Gasteiger partial charge < -0.3 is 15.2 Å². The summed E-state index contributed by atoms with van der Waals surface area (Å²) in [4.78, 5) is 11.9. The number of ether oxygens (including phenoxy) is 2. The summed E-state index contributed by atoms with van der Waals surface area (Å²) in [6, 6.07) is 5.63. The molecule has 0 aliphatic rings. The molecule has 0 unspecified atom stereocenters. The minimum Gasteiger partial charge on any atom is -0.493 e. The van der Waals surface area contributed by atoms with Crippen LogP contribution in [0.4, 0.5) is 0 Å². The van der Waals surface area contributed by atoms with Crippen molar-refractivity contribution in [3.8, 4) is 22.8 Å². The Hall–Kier alpha value is -1.79. The molecular formula is C14H18N2O3S. The number of hydrogen-bond acceptors (Lipinski definition) is 5. The van der Waals surface area contributed by atoms with Crippen LogP contribution in [-0.2, 0) is 6.54 Å². The summed E-state index contributed by atoms with van der Waals surface area (Å²) in [5.41, 5.74) is 7.33. The summed E-state index contributed by atoms with van der Waals surface area (Å²) in [5, 5.41) is 1.86. The van der Waals surface area contributed by atoms with Crippen LogP contribution in [0, 0.1) is 0 Å². The van der Waals surface area contributed by atoms with Gasteiger partial charge in [0.1, 0.15) is 0 Å². The van der Waals surface area contributed by atoms with Gasteiger partial charge in [0, 0.05) is 17.5 Å². The first kappa shape index (κ1) is 14.6. The van der Waals surface area contributed by atoms with Crippen molar-refractivity contribution < 1.29 is 9.47 Å². The average Bonchev–Trinajstić information content (AvgIpc) is 2.85. The molecule has 20 heavy (non-hydrogen) atoms. The molecule has 0 aliphatic carbocycles. The number of rotatable bonds is 6. The van der Waals surface area contributed by atoms with Gasteiger partial charge in [0.05, 0.1) is 19.9 Å². The van der Waals surface area contributed by atoms with Crippen LogP contribution in [0.15, 0.2) is 28.4 Å². The van der Waals surface area contributed by atoms with E-state index in [2.05, 4.69) is 0 Å². The summed E-state index contributed by atoms with van der Waals surface area (Å²) in [5.74, 6) is 1.32. The second kappa shape index (κ2) is 6.58. The molecule has 0 radical (unpaired) electrons. The molecule has 0 saturated carbocycles. The van der Waals surface area contributed by atoms with E-state index in [0.717, 1.165) is 17.7 Å². The molecule has 2 aromatic rings. The van der Waals surface area contributed by atoms with E-state index in [-0.39, 0.29) is 4.87 Å². The van der Waals surface area contributed by atoms with Crippen molar-refractivity contribution in [2.24, 2.45) is 5.73 Å². The van der Waals surface area contributed by atoms with Gasteiger partial charge in [0.2, 0.25) is 0 Å². The third-order valence-corrected chi connectivity index (χ3v) is 3.81. The minimum absolute atomic E-state index is 0.0308. The van der Waals surface area contributed by atoms with Crippen molar-refractivity contribution >= 4 is 11.3 Å². The number of benzene rings is 1. The first-order valence-corrected chi connectivity index (χ1v) is 7.20. The highest BCUT2D eigenvalue weighted by atomic mass is 32.1. The quantitative estimate of drug-likeness (QED) is 0.884. The van der Waals surface area contributed by atoms with Crippen molar-refractivity contribution in [2.75, 3.05) is 20.8 Å². The Bertz CT molecular complexity index is 634. The summed E-state index contributed by atoms with van der Waals surface area (Å²) < 4.78 is 12.3. The average molecular weight is 294 g/mol. The largest absolute Gasteiger partial charge is 0.493 e. The maximum atomic E-state index is 11.9. The van der Waals surface area contributed by atoms with Crippen LogP contribution in [0.3, 0.4) is 0 Å². The van der Waals surface area contributed by atoms with Crippen molar-refractivity contribution in [3.63, 3.8) is 0 Å². The van der Waals surface area contributed by atoms with Crippen LogP contribution >= 0.6 is 11.3 Å². The fourth-order valence-electron chi connectivity index (χ4n) is 2.01. The molecule has 1 heterocycles. The van der Waals surface area contributed by atoms with Crippen LogP contribution < -0.4 is 20.1 Å². The first-order valence-electron chi connectivity index (χ1n) is 6.32. The number of thiazole rings is 1. The standard InChI is InChI=1S/C14H18N2O3S/c1-18-12-5-4-10(8-13(12)19-2)11-9-20-14(17)16(11)7-3-6-15/h4-5,8-9H,3,6-7,15H2,1-2H3. The van der Waals surface area contributed by atoms with E-state index in [1.165, 1.54) is 11.3 Å². The Kier molecular flexibility index (Phi) is 4.81. The zero-order valence-corrected chi connectivity index (χ0v) is 12.4. The highest BCUT2D eigenvalue weighted by Gasteiger charge is 2.11. The molecule has 0 atom stereocenters. The van der Waals surface area contributed by atoms with Gasteiger partial charge >= 0.3 is 4.87 Å². The predicted molar refractivity (Wildman–Crippen MR) is 80.8 cm³/mol. The summed E-state index contributed by atoms with van der Waals surface area (Å²) in [7, 11) is 3.19. The minimum atomic E-state index is 0.0308. The topological polar surface area (TPSA) is 66.5 Å². The maximum Gasteiger partial charge on any atom is 0.307 e. The normalized spacial score (nSPS) is 10.6. The maximum absolute atomic E-state index is 11.9. The highest BCUT2D eigenvalue weighted by molar-refractivity contribution is 7.07. The molecule has 2 rings (SSSR count). The van der Waals surface area contributed by atoms with Gasteiger partial charge in [-0.05, 0) is 31.2 Å². The van der Waals surface area contributed by atoms with Crippen LogP contribution in [0.1, 0.15) is 6.42 Å². The molecule has 2 N–H and O–H groups in total. The van der Waals surface area contributed by atoms with Gasteiger partial charge in [-0.1, -0.05) is 11.3 Å². The van der Waals surface area contributed by atoms with Crippen LogP contribution in [-0.4, -0.2) is 25.3 Å². The van der Waals surface area contributed by atoms with E-state index in [1.807, 2.05) is 23.6 Å². The Morgan fingerprint density at radius 1 is 1.25 bits per heavy atom. The lowest BCUT2D eigenvalue weighted by molar-refractivity contribution is 0.355. The Morgan fingerprint density at radius 2 is 2.00 bits per heavy atom. The van der Waals surface area contributed by atoms with E-state index >= 15 is 0 Å². The second-order valence-corrected chi connectivity index (χ2v) is 5.07. The van der Waals surface area contributed by atoms with E-state index < -0.39 is 0 Å². The van der Waals surface area contributed by atoms with Crippen LogP contribution in [0.2, 0.25) is 0 Å². The Morgan fingerprint density at radius 3 is 2.65 bits per heavy atom. The van der Waals surface area contributed by atoms with E-state index in [4.69, 9.17) is 15.2 Å². The molecule has 0 spiro atoms. The lowest BCUT2D eigenvalue weighted by Gasteiger charge is -2.11. The monoisotopic (exact) mass is 294 g/mol. The Balaban J connectivity index is 2.43. The van der Waals surface area contributed by atoms with E-state index in [9.17, 15) is 4.79 Å². The van der Waals surface area contributed by atoms with Gasteiger partial charge in [0.15, 0.2) is 11.5 Å². The van der Waals surface area contributed by atoms with Gasteiger partial charge in [-0.25, -0.2) is 0 Å². The van der Waals surface area contributed by atoms with Crippen LogP contribution in [0.5, 0.6) is 11.5 Å². The fourth-order valence-corrected chi connectivity index (χ4v) is 2.81. The zero-order valence-electron chi connectivity index (χ0n) is 11.6. The van der Waals surface area contributed by atoms with Gasteiger partial charge in [-0.15, -0.1) is 0 Å². The molecule has 0 aliphatic heterocycles. The molecule has 0 fully saturated rings. The molecule has 0 amide bonds. The fraction of sp³-hybridized carbons (Fsp3) is 0.357. The van der Waals surface area contributed by atoms with Gasteiger partial charge in [0.25, 0.3) is 0 Å². The molecule has 0 bridgehead atoms. The lowest BCUT2D eigenvalue weighted by Crippen LogP contribution is -2.16. The third-order valence-electron chi connectivity index (χ3n) is 3.05. The molecule has 1 aromatic carbocycles. The molecule has 108 valence electrons. The lowest BCUT2D eigenvalue weighted by atomic mass is 10.1. The number of hydrogen-bond donors (Lipinski definition) is 1. The van der Waals surface area contributed by atoms with Crippen molar-refractivity contribution in [3.05, 3.63) is 33.2 Å². The van der Waals surface area contributed by atoms with Gasteiger partial charge in [-0.2, -0.15) is 0 Å². The smallest absolute Gasteiger partial charge is 0.307 e. The van der Waals surface area contributed by atoms with Crippen molar-refractivity contribution in [2.45, 2.75) is 13.0 Å².